The van der Waals surface area contributed by atoms with E-state index in [1.807, 2.05) is 18.5 Å². The molecule has 1 aromatic rings. The number of hydrogen-bond donors (Lipinski definition) is 2. The van der Waals surface area contributed by atoms with Gasteiger partial charge in [0.2, 0.25) is 5.95 Å². The molecule has 3 heterocycles. The molecule has 3 aliphatic rings. The number of rotatable bonds is 3. The Bertz CT molecular complexity index is 554. The molecule has 23 heavy (non-hydrogen) atoms. The van der Waals surface area contributed by atoms with Gasteiger partial charge in [-0.15, -0.1) is 0 Å². The van der Waals surface area contributed by atoms with Crippen LogP contribution in [0.4, 0.5) is 5.95 Å². The summed E-state index contributed by atoms with van der Waals surface area (Å²) in [5, 5.41) is 13.9. The third kappa shape index (κ3) is 3.32. The maximum atomic E-state index is 4.79. The highest BCUT2D eigenvalue weighted by molar-refractivity contribution is 5.70. The SMILES string of the molecule is C1=NN2CCCCNC2C1c1ccnc(NC2CCCCC2)n1. The van der Waals surface area contributed by atoms with Gasteiger partial charge in [-0.25, -0.2) is 9.97 Å². The average molecular weight is 314 g/mol. The van der Waals surface area contributed by atoms with Crippen LogP contribution in [0.15, 0.2) is 17.4 Å². The Morgan fingerprint density at radius 3 is 2.96 bits per heavy atom. The van der Waals surface area contributed by atoms with Crippen molar-refractivity contribution in [2.45, 2.75) is 63.1 Å². The molecule has 2 fully saturated rings. The second-order valence-corrected chi connectivity index (χ2v) is 6.84. The van der Waals surface area contributed by atoms with Gasteiger partial charge in [0.05, 0.1) is 11.6 Å². The van der Waals surface area contributed by atoms with Crippen LogP contribution < -0.4 is 10.6 Å². The first kappa shape index (κ1) is 14.9. The summed E-state index contributed by atoms with van der Waals surface area (Å²) < 4.78 is 0. The highest BCUT2D eigenvalue weighted by Gasteiger charge is 2.33. The minimum absolute atomic E-state index is 0.211. The minimum atomic E-state index is 0.211. The van der Waals surface area contributed by atoms with Gasteiger partial charge in [0.1, 0.15) is 6.17 Å². The van der Waals surface area contributed by atoms with E-state index in [1.165, 1.54) is 44.9 Å². The van der Waals surface area contributed by atoms with Gasteiger partial charge >= 0.3 is 0 Å². The van der Waals surface area contributed by atoms with Gasteiger partial charge in [-0.2, -0.15) is 5.10 Å². The Balaban J connectivity index is 1.48. The summed E-state index contributed by atoms with van der Waals surface area (Å²) >= 11 is 0. The van der Waals surface area contributed by atoms with Crippen LogP contribution in [-0.2, 0) is 0 Å². The lowest BCUT2D eigenvalue weighted by molar-refractivity contribution is 0.203. The number of aromatic nitrogens is 2. The van der Waals surface area contributed by atoms with E-state index in [0.29, 0.717) is 6.04 Å². The molecular weight excluding hydrogens is 288 g/mol. The van der Waals surface area contributed by atoms with Gasteiger partial charge < -0.3 is 5.32 Å². The van der Waals surface area contributed by atoms with Gasteiger partial charge in [0, 0.05) is 25.0 Å². The summed E-state index contributed by atoms with van der Waals surface area (Å²) in [6, 6.07) is 2.56. The smallest absolute Gasteiger partial charge is 0.223 e. The lowest BCUT2D eigenvalue weighted by Gasteiger charge is -2.26. The van der Waals surface area contributed by atoms with E-state index in [9.17, 15) is 0 Å². The van der Waals surface area contributed by atoms with Crippen molar-refractivity contribution in [1.29, 1.82) is 0 Å². The number of fused-ring (bicyclic) bond motifs is 1. The summed E-state index contributed by atoms with van der Waals surface area (Å²) in [7, 11) is 0. The van der Waals surface area contributed by atoms with E-state index in [4.69, 9.17) is 4.98 Å². The number of anilines is 1. The molecule has 2 unspecified atom stereocenters. The Labute approximate surface area is 137 Å². The van der Waals surface area contributed by atoms with Crippen molar-refractivity contribution in [1.82, 2.24) is 20.3 Å². The predicted octanol–water partition coefficient (Wildman–Crippen LogP) is 2.32. The fraction of sp³-hybridized carbons (Fsp3) is 0.706. The standard InChI is InChI=1S/C17H26N6/c1-2-6-13(7-3-1)21-17-19-10-8-15(22-17)14-12-20-23-11-5-4-9-18-16(14)23/h8,10,12-14,16,18H,1-7,9,11H2,(H,19,21,22). The van der Waals surface area contributed by atoms with Crippen molar-refractivity contribution >= 4 is 12.2 Å². The fourth-order valence-corrected chi connectivity index (χ4v) is 3.87. The summed E-state index contributed by atoms with van der Waals surface area (Å²) in [5.41, 5.74) is 1.06. The molecule has 1 aromatic heterocycles. The van der Waals surface area contributed by atoms with E-state index in [-0.39, 0.29) is 12.1 Å². The molecule has 124 valence electrons. The highest BCUT2D eigenvalue weighted by Crippen LogP contribution is 2.27. The molecule has 2 aliphatic heterocycles. The third-order valence-corrected chi connectivity index (χ3v) is 5.16. The molecule has 0 aromatic carbocycles. The van der Waals surface area contributed by atoms with Crippen LogP contribution in [0.5, 0.6) is 0 Å². The minimum Gasteiger partial charge on any atom is -0.351 e. The first-order chi connectivity index (χ1) is 11.4. The van der Waals surface area contributed by atoms with Crippen molar-refractivity contribution < 1.29 is 0 Å². The van der Waals surface area contributed by atoms with Crippen LogP contribution in [0.2, 0.25) is 0 Å². The maximum Gasteiger partial charge on any atom is 0.223 e. The van der Waals surface area contributed by atoms with E-state index >= 15 is 0 Å². The van der Waals surface area contributed by atoms with E-state index < -0.39 is 0 Å². The zero-order valence-corrected chi connectivity index (χ0v) is 13.6. The van der Waals surface area contributed by atoms with Crippen LogP contribution in [0.1, 0.15) is 56.6 Å². The molecule has 0 radical (unpaired) electrons. The van der Waals surface area contributed by atoms with Gasteiger partial charge in [0.15, 0.2) is 0 Å². The predicted molar refractivity (Wildman–Crippen MR) is 91.5 cm³/mol. The molecule has 1 saturated carbocycles. The number of hydrazone groups is 1. The summed E-state index contributed by atoms with van der Waals surface area (Å²) in [5.74, 6) is 0.984. The van der Waals surface area contributed by atoms with Crippen molar-refractivity contribution in [3.63, 3.8) is 0 Å². The van der Waals surface area contributed by atoms with Gasteiger partial charge in [0.25, 0.3) is 0 Å². The molecule has 6 heteroatoms. The van der Waals surface area contributed by atoms with Crippen LogP contribution >= 0.6 is 0 Å². The van der Waals surface area contributed by atoms with Crippen molar-refractivity contribution in [3.05, 3.63) is 18.0 Å². The molecule has 6 nitrogen and oxygen atoms in total. The topological polar surface area (TPSA) is 65.4 Å². The number of nitrogens with one attached hydrogen (secondary N) is 2. The van der Waals surface area contributed by atoms with Gasteiger partial charge in [-0.1, -0.05) is 19.3 Å². The van der Waals surface area contributed by atoms with E-state index in [2.05, 4.69) is 25.7 Å². The quantitative estimate of drug-likeness (QED) is 0.896. The van der Waals surface area contributed by atoms with Crippen LogP contribution in [0.3, 0.4) is 0 Å². The largest absolute Gasteiger partial charge is 0.351 e. The molecular formula is C17H26N6. The monoisotopic (exact) mass is 314 g/mol. The normalized spacial score (nSPS) is 28.4. The zero-order valence-electron chi connectivity index (χ0n) is 13.6. The van der Waals surface area contributed by atoms with Gasteiger partial charge in [-0.05, 0) is 38.3 Å². The van der Waals surface area contributed by atoms with Crippen molar-refractivity contribution in [3.8, 4) is 0 Å². The molecule has 0 bridgehead atoms. The Hall–Kier alpha value is -1.69. The summed E-state index contributed by atoms with van der Waals surface area (Å²) in [6.07, 6.45) is 13.0. The molecule has 1 aliphatic carbocycles. The van der Waals surface area contributed by atoms with Crippen LogP contribution in [-0.4, -0.2) is 46.5 Å². The lowest BCUT2D eigenvalue weighted by atomic mass is 9.96. The van der Waals surface area contributed by atoms with Crippen LogP contribution in [0, 0.1) is 0 Å². The van der Waals surface area contributed by atoms with Crippen molar-refractivity contribution in [2.75, 3.05) is 18.4 Å². The van der Waals surface area contributed by atoms with Gasteiger partial charge in [-0.3, -0.25) is 10.3 Å². The Kier molecular flexibility index (Phi) is 4.41. The Morgan fingerprint density at radius 2 is 2.04 bits per heavy atom. The van der Waals surface area contributed by atoms with E-state index in [1.54, 1.807) is 0 Å². The second-order valence-electron chi connectivity index (χ2n) is 6.84. The third-order valence-electron chi connectivity index (χ3n) is 5.16. The van der Waals surface area contributed by atoms with E-state index in [0.717, 1.165) is 24.7 Å². The fourth-order valence-electron chi connectivity index (χ4n) is 3.87. The molecule has 2 atom stereocenters. The lowest BCUT2D eigenvalue weighted by Crippen LogP contribution is -2.42. The number of nitrogens with zero attached hydrogens (tertiary/aromatic N) is 4. The average Bonchev–Trinajstić information content (AvgIpc) is 2.85. The Morgan fingerprint density at radius 1 is 1.13 bits per heavy atom. The maximum absolute atomic E-state index is 4.79. The first-order valence-corrected chi connectivity index (χ1v) is 9.04. The molecule has 1 saturated heterocycles. The summed E-state index contributed by atoms with van der Waals surface area (Å²) in [4.78, 5) is 9.22. The first-order valence-electron chi connectivity index (χ1n) is 9.04. The molecule has 2 N–H and O–H groups in total. The second kappa shape index (κ2) is 6.83. The number of hydrogen-bond acceptors (Lipinski definition) is 6. The summed E-state index contributed by atoms with van der Waals surface area (Å²) in [6.45, 7) is 2.09. The zero-order chi connectivity index (χ0) is 15.5. The molecule has 0 spiro atoms. The molecule has 4 rings (SSSR count). The highest BCUT2D eigenvalue weighted by atomic mass is 15.5. The van der Waals surface area contributed by atoms with Crippen molar-refractivity contribution in [2.24, 2.45) is 5.10 Å². The van der Waals surface area contributed by atoms with Crippen LogP contribution in [0.25, 0.3) is 0 Å². The molecule has 0 amide bonds.